The van der Waals surface area contributed by atoms with Gasteiger partial charge in [-0.3, -0.25) is 19.3 Å². The van der Waals surface area contributed by atoms with Crippen LogP contribution in [0.5, 0.6) is 0 Å². The number of nitrogens with zero attached hydrogens (tertiary/aromatic N) is 2. The van der Waals surface area contributed by atoms with E-state index in [1.807, 2.05) is 60.7 Å². The molecule has 2 N–H and O–H groups in total. The van der Waals surface area contributed by atoms with Crippen LogP contribution in [-0.4, -0.2) is 58.7 Å². The first-order valence-corrected chi connectivity index (χ1v) is 11.7. The SMILES string of the molecule is C[C@]1(CCc2ccccc2)NC(=O)N(CC(=O)N2CCC(C(=O)Nc3ccccc3)CC2)C1=O. The number of benzene rings is 2. The van der Waals surface area contributed by atoms with Crippen LogP contribution < -0.4 is 10.6 Å². The van der Waals surface area contributed by atoms with Crippen LogP contribution in [0.1, 0.15) is 31.7 Å². The van der Waals surface area contributed by atoms with Crippen LogP contribution >= 0.6 is 0 Å². The van der Waals surface area contributed by atoms with E-state index in [2.05, 4.69) is 10.6 Å². The Morgan fingerprint density at radius 1 is 1.00 bits per heavy atom. The van der Waals surface area contributed by atoms with Gasteiger partial charge in [0, 0.05) is 24.7 Å². The van der Waals surface area contributed by atoms with E-state index in [9.17, 15) is 19.2 Å². The molecule has 178 valence electrons. The van der Waals surface area contributed by atoms with E-state index in [0.29, 0.717) is 38.8 Å². The first-order valence-electron chi connectivity index (χ1n) is 11.7. The van der Waals surface area contributed by atoms with Gasteiger partial charge in [0.2, 0.25) is 11.8 Å². The molecule has 0 saturated carbocycles. The molecule has 34 heavy (non-hydrogen) atoms. The first kappa shape index (κ1) is 23.5. The van der Waals surface area contributed by atoms with Crippen molar-refractivity contribution in [2.75, 3.05) is 25.0 Å². The third-order valence-electron chi connectivity index (χ3n) is 6.65. The zero-order valence-electron chi connectivity index (χ0n) is 19.3. The van der Waals surface area contributed by atoms with Crippen molar-refractivity contribution in [2.45, 2.75) is 38.1 Å². The second-order valence-electron chi connectivity index (χ2n) is 9.15. The maximum atomic E-state index is 13.0. The molecule has 8 heteroatoms. The van der Waals surface area contributed by atoms with Gasteiger partial charge in [0.05, 0.1) is 0 Å². The summed E-state index contributed by atoms with van der Waals surface area (Å²) in [4.78, 5) is 53.6. The maximum absolute atomic E-state index is 13.0. The Morgan fingerprint density at radius 3 is 2.26 bits per heavy atom. The van der Waals surface area contributed by atoms with Crippen molar-refractivity contribution in [1.82, 2.24) is 15.1 Å². The second-order valence-corrected chi connectivity index (χ2v) is 9.15. The van der Waals surface area contributed by atoms with E-state index in [4.69, 9.17) is 0 Å². The molecule has 0 spiro atoms. The number of amides is 5. The summed E-state index contributed by atoms with van der Waals surface area (Å²) in [6.07, 6.45) is 2.18. The Balaban J connectivity index is 1.27. The highest BCUT2D eigenvalue weighted by Crippen LogP contribution is 2.24. The van der Waals surface area contributed by atoms with Crippen molar-refractivity contribution >= 4 is 29.4 Å². The summed E-state index contributed by atoms with van der Waals surface area (Å²) in [5.41, 5.74) is 0.801. The van der Waals surface area contributed by atoms with Gasteiger partial charge < -0.3 is 15.5 Å². The molecular weight excluding hydrogens is 432 g/mol. The molecule has 2 fully saturated rings. The van der Waals surface area contributed by atoms with Gasteiger partial charge in [0.25, 0.3) is 5.91 Å². The summed E-state index contributed by atoms with van der Waals surface area (Å²) in [5, 5.41) is 5.68. The van der Waals surface area contributed by atoms with Gasteiger partial charge in [-0.15, -0.1) is 0 Å². The Hall–Kier alpha value is -3.68. The molecule has 0 radical (unpaired) electrons. The third-order valence-corrected chi connectivity index (χ3v) is 6.65. The number of anilines is 1. The first-order chi connectivity index (χ1) is 16.4. The van der Waals surface area contributed by atoms with Gasteiger partial charge in [0.1, 0.15) is 12.1 Å². The molecule has 1 atom stereocenters. The van der Waals surface area contributed by atoms with Crippen LogP contribution in [0.15, 0.2) is 60.7 Å². The molecule has 0 aromatic heterocycles. The molecule has 5 amide bonds. The monoisotopic (exact) mass is 462 g/mol. The van der Waals surface area contributed by atoms with Gasteiger partial charge >= 0.3 is 6.03 Å². The lowest BCUT2D eigenvalue weighted by Crippen LogP contribution is -2.48. The minimum absolute atomic E-state index is 0.0541. The van der Waals surface area contributed by atoms with E-state index in [1.54, 1.807) is 11.8 Å². The number of carbonyl (C=O) groups excluding carboxylic acids is 4. The highest BCUT2D eigenvalue weighted by Gasteiger charge is 2.48. The number of imide groups is 1. The zero-order chi connectivity index (χ0) is 24.1. The zero-order valence-corrected chi connectivity index (χ0v) is 19.3. The summed E-state index contributed by atoms with van der Waals surface area (Å²) in [6, 6.07) is 18.5. The van der Waals surface area contributed by atoms with Crippen LogP contribution in [0.3, 0.4) is 0 Å². The molecule has 2 aliphatic heterocycles. The molecule has 4 rings (SSSR count). The average molecular weight is 463 g/mol. The minimum atomic E-state index is -1.03. The van der Waals surface area contributed by atoms with Crippen LogP contribution in [0, 0.1) is 5.92 Å². The lowest BCUT2D eigenvalue weighted by Gasteiger charge is -2.32. The Bertz CT molecular complexity index is 1050. The topological polar surface area (TPSA) is 98.8 Å². The number of piperidine rings is 1. The number of aryl methyl sites for hydroxylation is 1. The average Bonchev–Trinajstić information content (AvgIpc) is 3.07. The molecule has 0 aliphatic carbocycles. The lowest BCUT2D eigenvalue weighted by molar-refractivity contribution is -0.140. The van der Waals surface area contributed by atoms with Crippen molar-refractivity contribution in [3.8, 4) is 0 Å². The van der Waals surface area contributed by atoms with Gasteiger partial charge in [-0.05, 0) is 50.3 Å². The van der Waals surface area contributed by atoms with E-state index in [-0.39, 0.29) is 30.2 Å². The van der Waals surface area contributed by atoms with Crippen molar-refractivity contribution in [3.05, 3.63) is 66.2 Å². The standard InChI is InChI=1S/C26H30N4O4/c1-26(15-12-19-8-4-2-5-9-19)24(33)30(25(34)28-26)18-22(31)29-16-13-20(14-17-29)23(32)27-21-10-6-3-7-11-21/h2-11,20H,12-18H2,1H3,(H,27,32)(H,28,34)/t26-/m1/s1. The molecule has 2 heterocycles. The van der Waals surface area contributed by atoms with Crippen molar-refractivity contribution < 1.29 is 19.2 Å². The maximum Gasteiger partial charge on any atom is 0.325 e. The third kappa shape index (κ3) is 5.27. The molecule has 2 aliphatic rings. The molecule has 8 nitrogen and oxygen atoms in total. The molecule has 2 aromatic carbocycles. The van der Waals surface area contributed by atoms with Gasteiger partial charge in [0.15, 0.2) is 0 Å². The minimum Gasteiger partial charge on any atom is -0.341 e. The van der Waals surface area contributed by atoms with E-state index < -0.39 is 11.6 Å². The number of nitrogens with one attached hydrogen (secondary N) is 2. The molecule has 0 bridgehead atoms. The van der Waals surface area contributed by atoms with E-state index in [0.717, 1.165) is 16.2 Å². The number of rotatable bonds is 7. The highest BCUT2D eigenvalue weighted by atomic mass is 16.2. The van der Waals surface area contributed by atoms with Gasteiger partial charge in [-0.1, -0.05) is 48.5 Å². The van der Waals surface area contributed by atoms with Crippen molar-refractivity contribution in [2.24, 2.45) is 5.92 Å². The summed E-state index contributed by atoms with van der Waals surface area (Å²) >= 11 is 0. The van der Waals surface area contributed by atoms with Crippen LogP contribution in [0.2, 0.25) is 0 Å². The molecule has 2 aromatic rings. The second kappa shape index (κ2) is 10.1. The summed E-state index contributed by atoms with van der Waals surface area (Å²) < 4.78 is 0. The predicted molar refractivity (Wildman–Crippen MR) is 128 cm³/mol. The van der Waals surface area contributed by atoms with Crippen molar-refractivity contribution in [1.29, 1.82) is 0 Å². The Kier molecular flexibility index (Phi) is 6.95. The molecular formula is C26H30N4O4. The number of carbonyl (C=O) groups is 4. The van der Waals surface area contributed by atoms with Crippen molar-refractivity contribution in [3.63, 3.8) is 0 Å². The van der Waals surface area contributed by atoms with E-state index in [1.165, 1.54) is 0 Å². The number of likely N-dealkylation sites (tertiary alicyclic amines) is 1. The predicted octanol–water partition coefficient (Wildman–Crippen LogP) is 2.81. The summed E-state index contributed by atoms with van der Waals surface area (Å²) in [7, 11) is 0. The number of para-hydroxylation sites is 1. The fourth-order valence-corrected chi connectivity index (χ4v) is 4.49. The smallest absolute Gasteiger partial charge is 0.325 e. The molecule has 0 unspecified atom stereocenters. The van der Waals surface area contributed by atoms with Gasteiger partial charge in [-0.25, -0.2) is 4.79 Å². The van der Waals surface area contributed by atoms with E-state index >= 15 is 0 Å². The highest BCUT2D eigenvalue weighted by molar-refractivity contribution is 6.08. The van der Waals surface area contributed by atoms with Crippen LogP contribution in [0.4, 0.5) is 10.5 Å². The normalized spacial score (nSPS) is 20.9. The number of hydrogen-bond acceptors (Lipinski definition) is 4. The lowest BCUT2D eigenvalue weighted by atomic mass is 9.93. The summed E-state index contributed by atoms with van der Waals surface area (Å²) in [5.74, 6) is -0.888. The number of hydrogen-bond donors (Lipinski definition) is 2. The molecule has 2 saturated heterocycles. The van der Waals surface area contributed by atoms with Gasteiger partial charge in [-0.2, -0.15) is 0 Å². The van der Waals surface area contributed by atoms with Crippen LogP contribution in [0.25, 0.3) is 0 Å². The largest absolute Gasteiger partial charge is 0.341 e. The summed E-state index contributed by atoms with van der Waals surface area (Å²) in [6.45, 7) is 2.26. The quantitative estimate of drug-likeness (QED) is 0.618. The Labute approximate surface area is 199 Å². The van der Waals surface area contributed by atoms with Crippen LogP contribution in [-0.2, 0) is 20.8 Å². The fourth-order valence-electron chi connectivity index (χ4n) is 4.49. The number of urea groups is 1. The fraction of sp³-hybridized carbons (Fsp3) is 0.385. The Morgan fingerprint density at radius 2 is 1.62 bits per heavy atom.